The van der Waals surface area contributed by atoms with E-state index in [1.807, 2.05) is 24.3 Å². The number of hydrogen-bond donors (Lipinski definition) is 1. The molecule has 2 rings (SSSR count). The molecule has 0 unspecified atom stereocenters. The molecule has 20 heavy (non-hydrogen) atoms. The van der Waals surface area contributed by atoms with Gasteiger partial charge in [-0.25, -0.2) is 0 Å². The smallest absolute Gasteiger partial charge is 0.169 e. The largest absolute Gasteiger partial charge is 0.490 e. The summed E-state index contributed by atoms with van der Waals surface area (Å²) in [6, 6.07) is 11.1. The lowest BCUT2D eigenvalue weighted by Crippen LogP contribution is -1.98. The Morgan fingerprint density at radius 2 is 1.90 bits per heavy atom. The highest BCUT2D eigenvalue weighted by Gasteiger charge is 2.07. The van der Waals surface area contributed by atoms with Crippen molar-refractivity contribution in [2.24, 2.45) is 0 Å². The van der Waals surface area contributed by atoms with Crippen LogP contribution in [0.25, 0.3) is 0 Å². The van der Waals surface area contributed by atoms with Crippen LogP contribution in [0.15, 0.2) is 42.6 Å². The zero-order valence-corrected chi connectivity index (χ0v) is 11.7. The topological polar surface area (TPSA) is 51.6 Å². The summed E-state index contributed by atoms with van der Waals surface area (Å²) in [6.07, 6.45) is 1.96. The predicted octanol–water partition coefficient (Wildman–Crippen LogP) is 3.72. The third kappa shape index (κ3) is 3.71. The molecule has 4 heteroatoms. The fraction of sp³-hybridized carbons (Fsp3) is 0.312. The number of benzene rings is 1. The summed E-state index contributed by atoms with van der Waals surface area (Å²) in [5.41, 5.74) is 0.618. The minimum atomic E-state index is -0.579. The predicted molar refractivity (Wildman–Crippen MR) is 77.2 cm³/mol. The molecule has 0 saturated carbocycles. The highest BCUT2D eigenvalue weighted by atomic mass is 16.5. The number of nitrogens with zero attached hydrogens (tertiary/aromatic N) is 1. The van der Waals surface area contributed by atoms with Gasteiger partial charge in [0, 0.05) is 0 Å². The van der Waals surface area contributed by atoms with Crippen molar-refractivity contribution < 1.29 is 14.6 Å². The maximum atomic E-state index is 9.42. The zero-order valence-electron chi connectivity index (χ0n) is 11.7. The van der Waals surface area contributed by atoms with Crippen molar-refractivity contribution in [1.82, 2.24) is 4.98 Å². The van der Waals surface area contributed by atoms with Gasteiger partial charge in [0.25, 0.3) is 0 Å². The van der Waals surface area contributed by atoms with E-state index in [1.54, 1.807) is 25.3 Å². The quantitative estimate of drug-likeness (QED) is 0.871. The number of hydrogen-bond acceptors (Lipinski definition) is 4. The Kier molecular flexibility index (Phi) is 4.96. The molecule has 0 aliphatic carbocycles. The third-order valence-corrected chi connectivity index (χ3v) is 2.73. The van der Waals surface area contributed by atoms with Gasteiger partial charge in [-0.2, -0.15) is 0 Å². The average molecular weight is 273 g/mol. The number of ether oxygens (including phenoxy) is 2. The van der Waals surface area contributed by atoms with Crippen molar-refractivity contribution in [3.8, 4) is 17.2 Å². The molecule has 1 atom stereocenters. The molecule has 106 valence electrons. The maximum Gasteiger partial charge on any atom is 0.169 e. The molecule has 0 aliphatic heterocycles. The van der Waals surface area contributed by atoms with Crippen molar-refractivity contribution in [2.45, 2.75) is 26.4 Å². The van der Waals surface area contributed by atoms with Crippen LogP contribution in [-0.4, -0.2) is 16.7 Å². The first-order valence-corrected chi connectivity index (χ1v) is 6.74. The number of aliphatic hydroxyl groups is 1. The van der Waals surface area contributed by atoms with Crippen LogP contribution in [0.4, 0.5) is 0 Å². The second-order valence-electron chi connectivity index (χ2n) is 4.49. The standard InChI is InChI=1S/C16H19NO3/c1-3-10-19-15-6-4-5-7-16(15)20-13-8-9-14(12(2)18)17-11-13/h4-9,11-12,18H,3,10H2,1-2H3/t12-/m1/s1. The van der Waals surface area contributed by atoms with Gasteiger partial charge in [0.1, 0.15) is 5.75 Å². The van der Waals surface area contributed by atoms with E-state index in [-0.39, 0.29) is 0 Å². The van der Waals surface area contributed by atoms with E-state index in [0.29, 0.717) is 29.5 Å². The summed E-state index contributed by atoms with van der Waals surface area (Å²) >= 11 is 0. The van der Waals surface area contributed by atoms with Crippen molar-refractivity contribution in [3.63, 3.8) is 0 Å². The van der Waals surface area contributed by atoms with Crippen LogP contribution in [0.1, 0.15) is 32.1 Å². The Balaban J connectivity index is 2.13. The van der Waals surface area contributed by atoms with E-state index >= 15 is 0 Å². The van der Waals surface area contributed by atoms with Crippen molar-refractivity contribution in [1.29, 1.82) is 0 Å². The van der Waals surface area contributed by atoms with Crippen LogP contribution in [-0.2, 0) is 0 Å². The second-order valence-corrected chi connectivity index (χ2v) is 4.49. The van der Waals surface area contributed by atoms with Gasteiger partial charge in [-0.05, 0) is 37.6 Å². The lowest BCUT2D eigenvalue weighted by Gasteiger charge is -2.12. The van der Waals surface area contributed by atoms with Gasteiger partial charge in [0.15, 0.2) is 11.5 Å². The van der Waals surface area contributed by atoms with Gasteiger partial charge in [0.2, 0.25) is 0 Å². The van der Waals surface area contributed by atoms with Gasteiger partial charge in [-0.1, -0.05) is 19.1 Å². The molecular weight excluding hydrogens is 254 g/mol. The normalized spacial score (nSPS) is 11.9. The molecule has 0 saturated heterocycles. The molecule has 0 radical (unpaired) electrons. The molecule has 0 spiro atoms. The van der Waals surface area contributed by atoms with Gasteiger partial charge in [-0.3, -0.25) is 4.98 Å². The number of aromatic nitrogens is 1. The minimum Gasteiger partial charge on any atom is -0.490 e. The lowest BCUT2D eigenvalue weighted by molar-refractivity contribution is 0.194. The van der Waals surface area contributed by atoms with Crippen LogP contribution in [0.3, 0.4) is 0 Å². The monoisotopic (exact) mass is 273 g/mol. The fourth-order valence-electron chi connectivity index (χ4n) is 1.69. The number of pyridine rings is 1. The molecule has 2 aromatic rings. The van der Waals surface area contributed by atoms with Crippen LogP contribution < -0.4 is 9.47 Å². The van der Waals surface area contributed by atoms with Crippen LogP contribution in [0.2, 0.25) is 0 Å². The molecule has 1 N–H and O–H groups in total. The van der Waals surface area contributed by atoms with E-state index in [4.69, 9.17) is 9.47 Å². The van der Waals surface area contributed by atoms with Crippen molar-refractivity contribution in [3.05, 3.63) is 48.3 Å². The van der Waals surface area contributed by atoms with Gasteiger partial charge in [-0.15, -0.1) is 0 Å². The first-order valence-electron chi connectivity index (χ1n) is 6.74. The van der Waals surface area contributed by atoms with Gasteiger partial charge >= 0.3 is 0 Å². The Labute approximate surface area is 119 Å². The summed E-state index contributed by atoms with van der Waals surface area (Å²) in [7, 11) is 0. The van der Waals surface area contributed by atoms with Crippen LogP contribution in [0.5, 0.6) is 17.2 Å². The summed E-state index contributed by atoms with van der Waals surface area (Å²) < 4.78 is 11.4. The molecule has 0 fully saturated rings. The van der Waals surface area contributed by atoms with Crippen LogP contribution in [0, 0.1) is 0 Å². The van der Waals surface area contributed by atoms with E-state index in [0.717, 1.165) is 6.42 Å². The number of para-hydroxylation sites is 2. The summed E-state index contributed by atoms with van der Waals surface area (Å²) in [5, 5.41) is 9.42. The Morgan fingerprint density at radius 3 is 2.50 bits per heavy atom. The molecular formula is C16H19NO3. The lowest BCUT2D eigenvalue weighted by atomic mass is 10.2. The molecule has 1 aromatic carbocycles. The van der Waals surface area contributed by atoms with E-state index in [9.17, 15) is 5.11 Å². The van der Waals surface area contributed by atoms with E-state index in [1.165, 1.54) is 0 Å². The number of aliphatic hydroxyl groups excluding tert-OH is 1. The first-order chi connectivity index (χ1) is 9.70. The Morgan fingerprint density at radius 1 is 1.15 bits per heavy atom. The highest BCUT2D eigenvalue weighted by Crippen LogP contribution is 2.31. The van der Waals surface area contributed by atoms with E-state index < -0.39 is 6.10 Å². The number of rotatable bonds is 6. The van der Waals surface area contributed by atoms with Crippen molar-refractivity contribution in [2.75, 3.05) is 6.61 Å². The zero-order chi connectivity index (χ0) is 14.4. The first kappa shape index (κ1) is 14.3. The minimum absolute atomic E-state index is 0.579. The average Bonchev–Trinajstić information content (AvgIpc) is 2.47. The SMILES string of the molecule is CCCOc1ccccc1Oc1ccc([C@@H](C)O)nc1. The molecule has 0 amide bonds. The van der Waals surface area contributed by atoms with Gasteiger partial charge in [0.05, 0.1) is 24.6 Å². The fourth-order valence-corrected chi connectivity index (χ4v) is 1.69. The molecule has 4 nitrogen and oxygen atoms in total. The second kappa shape index (κ2) is 6.91. The van der Waals surface area contributed by atoms with Gasteiger partial charge < -0.3 is 14.6 Å². The van der Waals surface area contributed by atoms with Crippen molar-refractivity contribution >= 4 is 0 Å². The van der Waals surface area contributed by atoms with E-state index in [2.05, 4.69) is 11.9 Å². The summed E-state index contributed by atoms with van der Waals surface area (Å²) in [4.78, 5) is 4.15. The molecule has 1 aromatic heterocycles. The molecule has 0 bridgehead atoms. The molecule has 1 heterocycles. The molecule has 0 aliphatic rings. The van der Waals surface area contributed by atoms with Crippen LogP contribution >= 0.6 is 0 Å². The Hall–Kier alpha value is -2.07. The summed E-state index contributed by atoms with van der Waals surface area (Å²) in [5.74, 6) is 1.99. The summed E-state index contributed by atoms with van der Waals surface area (Å²) in [6.45, 7) is 4.39. The highest BCUT2D eigenvalue weighted by molar-refractivity contribution is 5.42. The Bertz CT molecular complexity index is 538. The maximum absolute atomic E-state index is 9.42. The third-order valence-electron chi connectivity index (χ3n) is 2.73.